The van der Waals surface area contributed by atoms with Crippen molar-refractivity contribution >= 4 is 0 Å². The van der Waals surface area contributed by atoms with E-state index in [1.807, 2.05) is 48.5 Å². The molecule has 1 fully saturated rings. The molecule has 116 valence electrons. The molecule has 2 aromatic rings. The van der Waals surface area contributed by atoms with Gasteiger partial charge in [-0.05, 0) is 17.5 Å². The van der Waals surface area contributed by atoms with Crippen LogP contribution in [0.2, 0.25) is 0 Å². The van der Waals surface area contributed by atoms with Crippen LogP contribution < -0.4 is 0 Å². The van der Waals surface area contributed by atoms with Crippen LogP contribution in [0.3, 0.4) is 0 Å². The van der Waals surface area contributed by atoms with E-state index in [-0.39, 0.29) is 0 Å². The van der Waals surface area contributed by atoms with Crippen LogP contribution in [-0.2, 0) is 16.9 Å². The number of β-amino-alcohol motifs (C(OH)–C–C–N with tert-alkyl or cyclic N) is 1. The topological polar surface area (TPSA) is 32.7 Å². The molecule has 0 spiro atoms. The first-order valence-electron chi connectivity index (χ1n) is 7.88. The Morgan fingerprint density at radius 2 is 1.68 bits per heavy atom. The van der Waals surface area contributed by atoms with Gasteiger partial charge in [-0.3, -0.25) is 4.90 Å². The van der Waals surface area contributed by atoms with Gasteiger partial charge in [0.25, 0.3) is 0 Å². The molecule has 1 atom stereocenters. The molecule has 0 saturated carbocycles. The quantitative estimate of drug-likeness (QED) is 0.832. The van der Waals surface area contributed by atoms with Gasteiger partial charge in [0.15, 0.2) is 0 Å². The van der Waals surface area contributed by atoms with Crippen LogP contribution in [0.25, 0.3) is 0 Å². The Kier molecular flexibility index (Phi) is 4.88. The van der Waals surface area contributed by atoms with Crippen molar-refractivity contribution in [3.05, 3.63) is 71.8 Å². The lowest BCUT2D eigenvalue weighted by molar-refractivity contribution is 0.0392. The molecule has 3 heteroatoms. The van der Waals surface area contributed by atoms with E-state index in [9.17, 15) is 5.11 Å². The van der Waals surface area contributed by atoms with Gasteiger partial charge in [0.1, 0.15) is 5.60 Å². The molecule has 0 radical (unpaired) electrons. The summed E-state index contributed by atoms with van der Waals surface area (Å²) in [4.78, 5) is 2.28. The zero-order valence-electron chi connectivity index (χ0n) is 12.8. The Balaban J connectivity index is 1.44. The molecule has 1 saturated heterocycles. The monoisotopic (exact) mass is 297 g/mol. The predicted octanol–water partition coefficient (Wildman–Crippen LogP) is 2.80. The lowest BCUT2D eigenvalue weighted by atomic mass is 9.93. The maximum absolute atomic E-state index is 10.8. The smallest absolute Gasteiger partial charge is 0.103 e. The standard InChI is InChI=1S/C19H23NO2/c21-19(18-9-5-2-6-10-18)11-12-20(16-19)13-14-22-15-17-7-3-1-4-8-17/h1-10,21H,11-16H2/t19-/m1/s1. The molecule has 1 heterocycles. The van der Waals surface area contributed by atoms with Crippen LogP contribution in [0, 0.1) is 0 Å². The summed E-state index contributed by atoms with van der Waals surface area (Å²) in [7, 11) is 0. The van der Waals surface area contributed by atoms with Crippen molar-refractivity contribution in [2.45, 2.75) is 18.6 Å². The second-order valence-electron chi connectivity index (χ2n) is 5.96. The summed E-state index contributed by atoms with van der Waals surface area (Å²) in [5.74, 6) is 0. The van der Waals surface area contributed by atoms with Crippen molar-refractivity contribution in [3.63, 3.8) is 0 Å². The average molecular weight is 297 g/mol. The highest BCUT2D eigenvalue weighted by Gasteiger charge is 2.37. The molecule has 1 N–H and O–H groups in total. The molecular formula is C19H23NO2. The SMILES string of the molecule is O[C@]1(c2ccccc2)CCN(CCOCc2ccccc2)C1. The summed E-state index contributed by atoms with van der Waals surface area (Å²) in [6.45, 7) is 3.81. The fourth-order valence-corrected chi connectivity index (χ4v) is 3.00. The second kappa shape index (κ2) is 7.05. The minimum absolute atomic E-state index is 0.650. The minimum Gasteiger partial charge on any atom is -0.384 e. The number of hydrogen-bond acceptors (Lipinski definition) is 3. The highest BCUT2D eigenvalue weighted by Crippen LogP contribution is 2.31. The van der Waals surface area contributed by atoms with Crippen molar-refractivity contribution < 1.29 is 9.84 Å². The zero-order valence-corrected chi connectivity index (χ0v) is 12.8. The van der Waals surface area contributed by atoms with Gasteiger partial charge in [-0.25, -0.2) is 0 Å². The van der Waals surface area contributed by atoms with Gasteiger partial charge < -0.3 is 9.84 Å². The van der Waals surface area contributed by atoms with Crippen molar-refractivity contribution in [2.24, 2.45) is 0 Å². The van der Waals surface area contributed by atoms with E-state index in [2.05, 4.69) is 17.0 Å². The van der Waals surface area contributed by atoms with Crippen molar-refractivity contribution in [3.8, 4) is 0 Å². The Bertz CT molecular complexity index is 573. The van der Waals surface area contributed by atoms with Gasteiger partial charge in [0.2, 0.25) is 0 Å². The maximum atomic E-state index is 10.8. The normalized spacial score (nSPS) is 22.0. The Morgan fingerprint density at radius 1 is 1.00 bits per heavy atom. The molecule has 22 heavy (non-hydrogen) atoms. The second-order valence-corrected chi connectivity index (χ2v) is 5.96. The van der Waals surface area contributed by atoms with Gasteiger partial charge in [-0.2, -0.15) is 0 Å². The lowest BCUT2D eigenvalue weighted by Gasteiger charge is -2.24. The van der Waals surface area contributed by atoms with Gasteiger partial charge >= 0.3 is 0 Å². The first kappa shape index (κ1) is 15.2. The van der Waals surface area contributed by atoms with E-state index in [0.29, 0.717) is 19.8 Å². The Morgan fingerprint density at radius 3 is 2.41 bits per heavy atom. The van der Waals surface area contributed by atoms with E-state index in [1.165, 1.54) is 5.56 Å². The first-order valence-corrected chi connectivity index (χ1v) is 7.88. The third-order valence-corrected chi connectivity index (χ3v) is 4.30. The number of hydrogen-bond donors (Lipinski definition) is 1. The summed E-state index contributed by atoms with van der Waals surface area (Å²) in [5, 5.41) is 10.8. The van der Waals surface area contributed by atoms with Gasteiger partial charge in [0, 0.05) is 19.6 Å². The third-order valence-electron chi connectivity index (χ3n) is 4.30. The van der Waals surface area contributed by atoms with Crippen molar-refractivity contribution in [1.82, 2.24) is 4.90 Å². The fraction of sp³-hybridized carbons (Fsp3) is 0.368. The van der Waals surface area contributed by atoms with Crippen LogP contribution in [0.5, 0.6) is 0 Å². The van der Waals surface area contributed by atoms with E-state index in [4.69, 9.17) is 4.74 Å². The Labute approximate surface area is 132 Å². The maximum Gasteiger partial charge on any atom is 0.103 e. The van der Waals surface area contributed by atoms with E-state index in [0.717, 1.165) is 25.1 Å². The first-order chi connectivity index (χ1) is 10.8. The summed E-state index contributed by atoms with van der Waals surface area (Å²) in [6.07, 6.45) is 0.787. The van der Waals surface area contributed by atoms with E-state index in [1.54, 1.807) is 0 Å². The number of rotatable bonds is 6. The molecule has 0 amide bonds. The fourth-order valence-electron chi connectivity index (χ4n) is 3.00. The summed E-state index contributed by atoms with van der Waals surface area (Å²) in [6, 6.07) is 20.2. The molecule has 0 unspecified atom stereocenters. The molecule has 1 aliphatic rings. The molecule has 3 nitrogen and oxygen atoms in total. The average Bonchev–Trinajstić information content (AvgIpc) is 2.96. The largest absolute Gasteiger partial charge is 0.384 e. The van der Waals surface area contributed by atoms with Gasteiger partial charge in [-0.1, -0.05) is 60.7 Å². The molecule has 1 aliphatic heterocycles. The minimum atomic E-state index is -0.708. The van der Waals surface area contributed by atoms with Gasteiger partial charge in [-0.15, -0.1) is 0 Å². The number of benzene rings is 2. The van der Waals surface area contributed by atoms with Crippen molar-refractivity contribution in [1.29, 1.82) is 0 Å². The van der Waals surface area contributed by atoms with E-state index >= 15 is 0 Å². The van der Waals surface area contributed by atoms with Crippen LogP contribution in [-0.4, -0.2) is 36.2 Å². The zero-order chi connectivity index (χ0) is 15.3. The van der Waals surface area contributed by atoms with Crippen LogP contribution in [0.4, 0.5) is 0 Å². The van der Waals surface area contributed by atoms with Gasteiger partial charge in [0.05, 0.1) is 13.2 Å². The van der Waals surface area contributed by atoms with Crippen LogP contribution >= 0.6 is 0 Å². The number of nitrogens with zero attached hydrogens (tertiary/aromatic N) is 1. The molecule has 2 aromatic carbocycles. The molecule has 0 aromatic heterocycles. The molecular weight excluding hydrogens is 274 g/mol. The number of ether oxygens (including phenoxy) is 1. The Hall–Kier alpha value is -1.68. The molecule has 3 rings (SSSR count). The van der Waals surface area contributed by atoms with Crippen molar-refractivity contribution in [2.75, 3.05) is 26.2 Å². The summed E-state index contributed by atoms with van der Waals surface area (Å²) < 4.78 is 5.73. The van der Waals surface area contributed by atoms with Crippen LogP contribution in [0.1, 0.15) is 17.5 Å². The summed E-state index contributed by atoms with van der Waals surface area (Å²) in [5.41, 5.74) is 1.51. The molecule has 0 aliphatic carbocycles. The summed E-state index contributed by atoms with van der Waals surface area (Å²) >= 11 is 0. The highest BCUT2D eigenvalue weighted by atomic mass is 16.5. The lowest BCUT2D eigenvalue weighted by Crippen LogP contribution is -2.32. The van der Waals surface area contributed by atoms with E-state index < -0.39 is 5.60 Å². The number of aliphatic hydroxyl groups is 1. The third kappa shape index (κ3) is 3.74. The molecule has 0 bridgehead atoms. The van der Waals surface area contributed by atoms with Crippen LogP contribution in [0.15, 0.2) is 60.7 Å². The predicted molar refractivity (Wildman–Crippen MR) is 87.5 cm³/mol. The highest BCUT2D eigenvalue weighted by molar-refractivity contribution is 5.24. The number of likely N-dealkylation sites (tertiary alicyclic amines) is 1.